The molecule has 39 heavy (non-hydrogen) atoms. The van der Waals surface area contributed by atoms with Crippen molar-refractivity contribution in [3.8, 4) is 11.5 Å². The largest absolute Gasteiger partial charge is 0.497 e. The van der Waals surface area contributed by atoms with Gasteiger partial charge in [0.25, 0.3) is 5.91 Å². The van der Waals surface area contributed by atoms with E-state index in [2.05, 4.69) is 12.2 Å². The second kappa shape index (κ2) is 20.1. The Kier molecular flexibility index (Phi) is 16.7. The van der Waals surface area contributed by atoms with E-state index in [4.69, 9.17) is 14.2 Å². The zero-order valence-electron chi connectivity index (χ0n) is 24.3. The molecule has 2 rings (SSSR count). The molecule has 0 fully saturated rings. The summed E-state index contributed by atoms with van der Waals surface area (Å²) in [6.45, 7) is 2.93. The highest BCUT2D eigenvalue weighted by atomic mass is 16.5. The molecule has 1 atom stereocenters. The van der Waals surface area contributed by atoms with Crippen molar-refractivity contribution in [1.82, 2.24) is 0 Å². The molecule has 0 aliphatic rings. The van der Waals surface area contributed by atoms with Gasteiger partial charge in [0.1, 0.15) is 11.5 Å². The molecule has 0 saturated carbocycles. The number of hydrogen-bond donors (Lipinski definition) is 1. The van der Waals surface area contributed by atoms with Crippen LogP contribution in [0.3, 0.4) is 0 Å². The summed E-state index contributed by atoms with van der Waals surface area (Å²) in [6.07, 6.45) is 17.3. The molecular weight excluding hydrogens is 490 g/mol. The van der Waals surface area contributed by atoms with Crippen LogP contribution < -0.4 is 14.8 Å². The zero-order valence-corrected chi connectivity index (χ0v) is 24.3. The molecule has 1 N–H and O–H groups in total. The quantitative estimate of drug-likeness (QED) is 0.0924. The van der Waals surface area contributed by atoms with E-state index in [1.54, 1.807) is 55.6 Å². The van der Waals surface area contributed by atoms with Crippen LogP contribution in [0.1, 0.15) is 107 Å². The van der Waals surface area contributed by atoms with E-state index in [1.165, 1.54) is 90.6 Å². The first-order chi connectivity index (χ1) is 19.1. The first-order valence-corrected chi connectivity index (χ1v) is 14.8. The maximum Gasteiger partial charge on any atom is 0.261 e. The third-order valence-corrected chi connectivity index (χ3v) is 6.95. The second-order valence-corrected chi connectivity index (χ2v) is 10.2. The minimum Gasteiger partial charge on any atom is -0.497 e. The minimum atomic E-state index is -1.25. The molecule has 2 aromatic carbocycles. The summed E-state index contributed by atoms with van der Waals surface area (Å²) in [5.41, 5.74) is 0.924. The van der Waals surface area contributed by atoms with Crippen molar-refractivity contribution in [2.75, 3.05) is 26.1 Å². The van der Waals surface area contributed by atoms with Crippen molar-refractivity contribution in [2.24, 2.45) is 0 Å². The summed E-state index contributed by atoms with van der Waals surface area (Å²) in [5, 5.41) is 2.71. The molecular formula is C33H49NO5. The predicted octanol–water partition coefficient (Wildman–Crippen LogP) is 8.39. The molecule has 0 aliphatic carbocycles. The Morgan fingerprint density at radius 1 is 0.718 bits per heavy atom. The molecule has 0 bridgehead atoms. The van der Waals surface area contributed by atoms with E-state index in [-0.39, 0.29) is 0 Å². The molecule has 6 heteroatoms. The third kappa shape index (κ3) is 13.2. The Hall–Kier alpha value is -2.86. The number of benzene rings is 2. The van der Waals surface area contributed by atoms with Crippen LogP contribution in [0.4, 0.5) is 5.69 Å². The van der Waals surface area contributed by atoms with Crippen LogP contribution in [-0.2, 0) is 9.53 Å². The van der Waals surface area contributed by atoms with Gasteiger partial charge >= 0.3 is 0 Å². The van der Waals surface area contributed by atoms with E-state index in [0.717, 1.165) is 12.2 Å². The van der Waals surface area contributed by atoms with Gasteiger partial charge in [0.05, 0.1) is 13.7 Å². The number of carbonyl (C=O) groups excluding carboxylic acids is 2. The van der Waals surface area contributed by atoms with E-state index < -0.39 is 17.8 Å². The van der Waals surface area contributed by atoms with E-state index in [1.807, 2.05) is 0 Å². The number of ketones is 1. The van der Waals surface area contributed by atoms with Gasteiger partial charge in [-0.15, -0.1) is 0 Å². The van der Waals surface area contributed by atoms with Crippen LogP contribution in [0.2, 0.25) is 0 Å². The van der Waals surface area contributed by atoms with Gasteiger partial charge in [0.2, 0.25) is 5.78 Å². The maximum atomic E-state index is 12.9. The lowest BCUT2D eigenvalue weighted by molar-refractivity contribution is -0.123. The Balaban J connectivity index is 1.59. The SMILES string of the molecule is CCCCCCCCCCCCCCCCOc1ccc(C(=O)C(OC)C(=O)Nc2cccc(OC)c2)cc1. The average Bonchev–Trinajstić information content (AvgIpc) is 2.95. The van der Waals surface area contributed by atoms with Gasteiger partial charge in [-0.1, -0.05) is 96.5 Å². The van der Waals surface area contributed by atoms with Crippen LogP contribution in [-0.4, -0.2) is 38.6 Å². The predicted molar refractivity (Wildman–Crippen MR) is 159 cm³/mol. The van der Waals surface area contributed by atoms with E-state index in [0.29, 0.717) is 23.6 Å². The zero-order chi connectivity index (χ0) is 28.1. The molecule has 0 aliphatic heterocycles. The third-order valence-electron chi connectivity index (χ3n) is 6.95. The van der Waals surface area contributed by atoms with Crippen LogP contribution in [0.5, 0.6) is 11.5 Å². The summed E-state index contributed by atoms with van der Waals surface area (Å²) < 4.78 is 16.2. The monoisotopic (exact) mass is 539 g/mol. The standard InChI is InChI=1S/C33H49NO5/c1-4-5-6-7-8-9-10-11-12-13-14-15-16-17-25-39-29-23-21-27(22-24-29)31(35)32(38-3)33(36)34-28-19-18-20-30(26-28)37-2/h18-24,26,32H,4-17,25H2,1-3H3,(H,34,36). The van der Waals surface area contributed by atoms with Crippen LogP contribution in [0.15, 0.2) is 48.5 Å². The minimum absolute atomic E-state index is 0.395. The Labute approximate surface area is 235 Å². The van der Waals surface area contributed by atoms with Gasteiger partial charge in [0.15, 0.2) is 6.10 Å². The highest BCUT2D eigenvalue weighted by molar-refractivity contribution is 6.16. The fraction of sp³-hybridized carbons (Fsp3) is 0.576. The Morgan fingerprint density at radius 2 is 1.28 bits per heavy atom. The summed E-state index contributed by atoms with van der Waals surface area (Å²) in [5.74, 6) is 0.388. The molecule has 0 heterocycles. The van der Waals surface area contributed by atoms with Crippen LogP contribution in [0.25, 0.3) is 0 Å². The number of hydrogen-bond acceptors (Lipinski definition) is 5. The lowest BCUT2D eigenvalue weighted by atomic mass is 10.0. The molecule has 1 unspecified atom stereocenters. The van der Waals surface area contributed by atoms with Crippen LogP contribution in [0, 0.1) is 0 Å². The maximum absolute atomic E-state index is 12.9. The summed E-state index contributed by atoms with van der Waals surface area (Å²) in [7, 11) is 2.90. The number of methoxy groups -OCH3 is 2. The van der Waals surface area contributed by atoms with Gasteiger partial charge in [0, 0.05) is 24.4 Å². The topological polar surface area (TPSA) is 73.9 Å². The molecule has 2 aromatic rings. The number of rotatable bonds is 22. The van der Waals surface area contributed by atoms with Crippen molar-refractivity contribution in [1.29, 1.82) is 0 Å². The molecule has 6 nitrogen and oxygen atoms in total. The van der Waals surface area contributed by atoms with Gasteiger partial charge in [-0.2, -0.15) is 0 Å². The summed E-state index contributed by atoms with van der Waals surface area (Å²) in [4.78, 5) is 25.6. The summed E-state index contributed by atoms with van der Waals surface area (Å²) >= 11 is 0. The molecule has 0 saturated heterocycles. The number of nitrogens with one attached hydrogen (secondary N) is 1. The molecule has 1 amide bonds. The number of carbonyl (C=O) groups is 2. The van der Waals surface area contributed by atoms with E-state index >= 15 is 0 Å². The Bertz CT molecular complexity index is 943. The number of unbranched alkanes of at least 4 members (excludes halogenated alkanes) is 13. The highest BCUT2D eigenvalue weighted by Gasteiger charge is 2.27. The summed E-state index contributed by atoms with van der Waals surface area (Å²) in [6, 6.07) is 13.8. The van der Waals surface area contributed by atoms with Crippen molar-refractivity contribution >= 4 is 17.4 Å². The second-order valence-electron chi connectivity index (χ2n) is 10.2. The lowest BCUT2D eigenvalue weighted by Crippen LogP contribution is -2.36. The molecule has 216 valence electrons. The highest BCUT2D eigenvalue weighted by Crippen LogP contribution is 2.19. The first-order valence-electron chi connectivity index (χ1n) is 14.8. The molecule has 0 radical (unpaired) electrons. The number of anilines is 1. The Morgan fingerprint density at radius 3 is 1.82 bits per heavy atom. The van der Waals surface area contributed by atoms with Crippen molar-refractivity contribution in [3.63, 3.8) is 0 Å². The number of ether oxygens (including phenoxy) is 3. The molecule has 0 aromatic heterocycles. The van der Waals surface area contributed by atoms with Gasteiger partial charge in [-0.3, -0.25) is 9.59 Å². The average molecular weight is 540 g/mol. The van der Waals surface area contributed by atoms with Gasteiger partial charge in [-0.25, -0.2) is 0 Å². The number of amides is 1. The van der Waals surface area contributed by atoms with Crippen LogP contribution >= 0.6 is 0 Å². The normalized spacial score (nSPS) is 11.7. The molecule has 0 spiro atoms. The fourth-order valence-corrected chi connectivity index (χ4v) is 4.60. The lowest BCUT2D eigenvalue weighted by Gasteiger charge is -2.15. The smallest absolute Gasteiger partial charge is 0.261 e. The van der Waals surface area contributed by atoms with Crippen molar-refractivity contribution in [3.05, 3.63) is 54.1 Å². The van der Waals surface area contributed by atoms with Gasteiger partial charge < -0.3 is 19.5 Å². The van der Waals surface area contributed by atoms with E-state index in [9.17, 15) is 9.59 Å². The number of Topliss-reactive ketones (excluding diaryl/α,β-unsaturated/α-hetero) is 1. The van der Waals surface area contributed by atoms with Crippen molar-refractivity contribution in [2.45, 2.75) is 103 Å². The first kappa shape index (κ1) is 32.4. The van der Waals surface area contributed by atoms with Gasteiger partial charge in [-0.05, 0) is 42.8 Å². The van der Waals surface area contributed by atoms with Crippen molar-refractivity contribution < 1.29 is 23.8 Å². The fourth-order valence-electron chi connectivity index (χ4n) is 4.60.